The van der Waals surface area contributed by atoms with E-state index in [0.29, 0.717) is 0 Å². The molecule has 12 heteroatoms. The predicted octanol–water partition coefficient (Wildman–Crippen LogP) is 0.958. The lowest BCUT2D eigenvalue weighted by Gasteiger charge is -2.08. The second kappa shape index (κ2) is 17.8. The second-order valence-electron chi connectivity index (χ2n) is 6.71. The maximum atomic E-state index is 11.6. The summed E-state index contributed by atoms with van der Waals surface area (Å²) in [5.41, 5.74) is 0.441. The highest BCUT2D eigenvalue weighted by molar-refractivity contribution is 5.87. The van der Waals surface area contributed by atoms with Gasteiger partial charge in [-0.3, -0.25) is 19.2 Å². The van der Waals surface area contributed by atoms with Crippen LogP contribution in [0.25, 0.3) is 0 Å². The summed E-state index contributed by atoms with van der Waals surface area (Å²) in [6.45, 7) is 8.74. The van der Waals surface area contributed by atoms with E-state index in [0.717, 1.165) is 0 Å². The van der Waals surface area contributed by atoms with Crippen LogP contribution in [0.2, 0.25) is 0 Å². The predicted molar refractivity (Wildman–Crippen MR) is 114 cm³/mol. The summed E-state index contributed by atoms with van der Waals surface area (Å²) in [4.78, 5) is 68.4. The average molecular weight is 486 g/mol. The van der Waals surface area contributed by atoms with Crippen LogP contribution in [-0.2, 0) is 57.2 Å². The van der Waals surface area contributed by atoms with Crippen LogP contribution in [0.15, 0.2) is 24.3 Å². The minimum atomic E-state index is -0.697. The van der Waals surface area contributed by atoms with Gasteiger partial charge in [-0.05, 0) is 13.8 Å². The Hall–Kier alpha value is -3.70. The quantitative estimate of drug-likeness (QED) is 0.124. The molecule has 0 aliphatic heterocycles. The highest BCUT2D eigenvalue weighted by atomic mass is 16.6. The maximum Gasteiger partial charge on any atom is 0.333 e. The molecule has 190 valence electrons. The number of esters is 6. The highest BCUT2D eigenvalue weighted by Crippen LogP contribution is 2.00. The molecule has 34 heavy (non-hydrogen) atoms. The van der Waals surface area contributed by atoms with E-state index < -0.39 is 35.8 Å². The van der Waals surface area contributed by atoms with Crippen LogP contribution in [0.3, 0.4) is 0 Å². The van der Waals surface area contributed by atoms with Crippen LogP contribution in [0.4, 0.5) is 0 Å². The first kappa shape index (κ1) is 30.3. The van der Waals surface area contributed by atoms with E-state index in [1.54, 1.807) is 0 Å². The van der Waals surface area contributed by atoms with Crippen molar-refractivity contribution in [1.29, 1.82) is 0 Å². The SMILES string of the molecule is C=C(C)C(=O)OCCOC(=O)CCC(=O)OCCOC(=O)CCC(=O)OCCOC(=O)C(=C)C. The van der Waals surface area contributed by atoms with Gasteiger partial charge in [0.1, 0.15) is 39.6 Å². The van der Waals surface area contributed by atoms with E-state index in [-0.39, 0.29) is 76.5 Å². The summed E-state index contributed by atoms with van der Waals surface area (Å²) in [5, 5.41) is 0. The Labute approximate surface area is 197 Å². The number of carbonyl (C=O) groups excluding carboxylic acids is 6. The fourth-order valence-electron chi connectivity index (χ4n) is 1.83. The topological polar surface area (TPSA) is 158 Å². The van der Waals surface area contributed by atoms with Crippen LogP contribution < -0.4 is 0 Å². The smallest absolute Gasteiger partial charge is 0.333 e. The Bertz CT molecular complexity index is 704. The van der Waals surface area contributed by atoms with Crippen molar-refractivity contribution in [3.63, 3.8) is 0 Å². The Morgan fingerprint density at radius 1 is 0.441 bits per heavy atom. The van der Waals surface area contributed by atoms with Crippen molar-refractivity contribution in [2.45, 2.75) is 39.5 Å². The fraction of sp³-hybridized carbons (Fsp3) is 0.545. The monoisotopic (exact) mass is 486 g/mol. The molecule has 0 saturated heterocycles. The van der Waals surface area contributed by atoms with Crippen molar-refractivity contribution < 1.29 is 57.2 Å². The molecule has 0 fully saturated rings. The highest BCUT2D eigenvalue weighted by Gasteiger charge is 2.12. The van der Waals surface area contributed by atoms with Crippen molar-refractivity contribution in [3.8, 4) is 0 Å². The molecule has 0 atom stereocenters. The van der Waals surface area contributed by atoms with Gasteiger partial charge in [-0.1, -0.05) is 13.2 Å². The van der Waals surface area contributed by atoms with Gasteiger partial charge in [0.15, 0.2) is 0 Å². The third-order valence-electron chi connectivity index (χ3n) is 3.53. The number of carbonyl (C=O) groups is 6. The minimum Gasteiger partial charge on any atom is -0.462 e. The van der Waals surface area contributed by atoms with Crippen LogP contribution in [-0.4, -0.2) is 75.5 Å². The Kier molecular flexibility index (Phi) is 15.9. The lowest BCUT2D eigenvalue weighted by Crippen LogP contribution is -2.17. The molecule has 0 aliphatic rings. The van der Waals surface area contributed by atoms with E-state index in [4.69, 9.17) is 28.4 Å². The van der Waals surface area contributed by atoms with Crippen LogP contribution >= 0.6 is 0 Å². The number of rotatable bonds is 17. The second-order valence-corrected chi connectivity index (χ2v) is 6.71. The Morgan fingerprint density at radius 2 is 0.647 bits per heavy atom. The van der Waals surface area contributed by atoms with Gasteiger partial charge >= 0.3 is 35.8 Å². The Morgan fingerprint density at radius 3 is 0.853 bits per heavy atom. The third-order valence-corrected chi connectivity index (χ3v) is 3.53. The van der Waals surface area contributed by atoms with Gasteiger partial charge < -0.3 is 28.4 Å². The van der Waals surface area contributed by atoms with Crippen LogP contribution in [0.1, 0.15) is 39.5 Å². The summed E-state index contributed by atoms with van der Waals surface area (Å²) in [5.74, 6) is -3.93. The van der Waals surface area contributed by atoms with Gasteiger partial charge in [-0.15, -0.1) is 0 Å². The Balaban J connectivity index is 3.72. The van der Waals surface area contributed by atoms with Gasteiger partial charge in [0.2, 0.25) is 0 Å². The van der Waals surface area contributed by atoms with Crippen molar-refractivity contribution >= 4 is 35.8 Å². The average Bonchev–Trinajstić information content (AvgIpc) is 2.78. The molecule has 0 N–H and O–H groups in total. The maximum absolute atomic E-state index is 11.6. The normalized spacial score (nSPS) is 9.82. The molecule has 0 amide bonds. The van der Waals surface area contributed by atoms with Gasteiger partial charge in [-0.2, -0.15) is 0 Å². The number of ether oxygens (including phenoxy) is 6. The summed E-state index contributed by atoms with van der Waals surface area (Å²) in [6.07, 6.45) is -0.958. The first-order valence-corrected chi connectivity index (χ1v) is 10.3. The zero-order valence-electron chi connectivity index (χ0n) is 19.4. The van der Waals surface area contributed by atoms with E-state index >= 15 is 0 Å². The molecule has 0 bridgehead atoms. The van der Waals surface area contributed by atoms with E-state index in [2.05, 4.69) is 13.2 Å². The molecular formula is C22H30O12. The zero-order chi connectivity index (χ0) is 25.9. The fourth-order valence-corrected chi connectivity index (χ4v) is 1.83. The largest absolute Gasteiger partial charge is 0.462 e. The lowest BCUT2D eigenvalue weighted by molar-refractivity contribution is -0.156. The minimum absolute atomic E-state index is 0.129. The molecule has 0 radical (unpaired) electrons. The van der Waals surface area contributed by atoms with Crippen LogP contribution in [0, 0.1) is 0 Å². The van der Waals surface area contributed by atoms with E-state index in [9.17, 15) is 28.8 Å². The van der Waals surface area contributed by atoms with E-state index in [1.807, 2.05) is 0 Å². The summed E-state index contributed by atoms with van der Waals surface area (Å²) < 4.78 is 28.7. The van der Waals surface area contributed by atoms with Gasteiger partial charge in [0.05, 0.1) is 25.7 Å². The summed E-state index contributed by atoms with van der Waals surface area (Å²) in [7, 11) is 0. The molecule has 0 aromatic carbocycles. The van der Waals surface area contributed by atoms with Crippen molar-refractivity contribution in [3.05, 3.63) is 24.3 Å². The number of hydrogen-bond acceptors (Lipinski definition) is 12. The van der Waals surface area contributed by atoms with Crippen molar-refractivity contribution in [1.82, 2.24) is 0 Å². The molecule has 0 aromatic heterocycles. The van der Waals surface area contributed by atoms with Crippen molar-refractivity contribution in [2.75, 3.05) is 39.6 Å². The molecular weight excluding hydrogens is 456 g/mol. The van der Waals surface area contributed by atoms with Gasteiger partial charge in [0.25, 0.3) is 0 Å². The molecule has 0 saturated carbocycles. The summed E-state index contributed by atoms with van der Waals surface area (Å²) in [6, 6.07) is 0. The molecule has 0 spiro atoms. The molecule has 0 aromatic rings. The van der Waals surface area contributed by atoms with Gasteiger partial charge in [-0.25, -0.2) is 9.59 Å². The van der Waals surface area contributed by atoms with E-state index in [1.165, 1.54) is 13.8 Å². The van der Waals surface area contributed by atoms with Gasteiger partial charge in [0, 0.05) is 11.1 Å². The third kappa shape index (κ3) is 16.9. The van der Waals surface area contributed by atoms with Crippen molar-refractivity contribution in [2.24, 2.45) is 0 Å². The lowest BCUT2D eigenvalue weighted by atomic mass is 10.3. The zero-order valence-corrected chi connectivity index (χ0v) is 19.4. The first-order valence-electron chi connectivity index (χ1n) is 10.3. The van der Waals surface area contributed by atoms with Crippen LogP contribution in [0.5, 0.6) is 0 Å². The number of hydrogen-bond donors (Lipinski definition) is 0. The first-order chi connectivity index (χ1) is 16.0. The molecule has 12 nitrogen and oxygen atoms in total. The standard InChI is InChI=1S/C22H30O12/c1-15(2)21(27)33-13-11-31-19(25)7-5-17(23)29-9-10-30-18(24)6-8-20(26)32-12-14-34-22(28)16(3)4/h1,3,5-14H2,2,4H3. The molecule has 0 heterocycles. The summed E-state index contributed by atoms with van der Waals surface area (Å²) >= 11 is 0. The molecule has 0 unspecified atom stereocenters. The molecule has 0 aliphatic carbocycles. The molecule has 0 rings (SSSR count).